The van der Waals surface area contributed by atoms with Gasteiger partial charge in [-0.2, -0.15) is 0 Å². The third-order valence-corrected chi connectivity index (χ3v) is 6.81. The highest BCUT2D eigenvalue weighted by atomic mass is 16.6. The SMILES string of the molecule is COc1ccc(-c2ccc(C3(NC(=O)OC4CN5CCC4CC5)CC3)cc2)cc1. The number of carbonyl (C=O) groups excluding carboxylic acids is 1. The van der Waals surface area contributed by atoms with Crippen molar-refractivity contribution in [3.63, 3.8) is 0 Å². The molecule has 0 spiro atoms. The smallest absolute Gasteiger partial charge is 0.408 e. The maximum absolute atomic E-state index is 12.6. The summed E-state index contributed by atoms with van der Waals surface area (Å²) in [5, 5.41) is 3.17. The van der Waals surface area contributed by atoms with Gasteiger partial charge < -0.3 is 14.8 Å². The van der Waals surface area contributed by atoms with Gasteiger partial charge in [-0.1, -0.05) is 36.4 Å². The highest BCUT2D eigenvalue weighted by molar-refractivity contribution is 5.70. The molecule has 1 N–H and O–H groups in total. The van der Waals surface area contributed by atoms with Gasteiger partial charge in [0.1, 0.15) is 11.9 Å². The van der Waals surface area contributed by atoms with Crippen LogP contribution in [0.2, 0.25) is 0 Å². The van der Waals surface area contributed by atoms with E-state index in [1.165, 1.54) is 0 Å². The van der Waals surface area contributed by atoms with Gasteiger partial charge in [-0.15, -0.1) is 0 Å². The maximum atomic E-state index is 12.6. The standard InChI is InChI=1S/C24H28N2O3/c1-28-21-8-4-18(5-9-21)17-2-6-20(7-3-17)24(12-13-24)25-23(27)29-22-16-26-14-10-19(22)11-15-26/h2-9,19,22H,10-16H2,1H3,(H,25,27). The van der Waals surface area contributed by atoms with Crippen LogP contribution in [0.15, 0.2) is 48.5 Å². The number of fused-ring (bicyclic) bond motifs is 3. The fraction of sp³-hybridized carbons (Fsp3) is 0.458. The van der Waals surface area contributed by atoms with Gasteiger partial charge in [0, 0.05) is 6.54 Å². The van der Waals surface area contributed by atoms with Gasteiger partial charge in [-0.25, -0.2) is 4.79 Å². The van der Waals surface area contributed by atoms with Crippen LogP contribution in [-0.4, -0.2) is 43.8 Å². The molecule has 0 radical (unpaired) electrons. The molecular formula is C24H28N2O3. The second-order valence-electron chi connectivity index (χ2n) is 8.59. The van der Waals surface area contributed by atoms with Crippen molar-refractivity contribution in [2.24, 2.45) is 5.92 Å². The summed E-state index contributed by atoms with van der Waals surface area (Å²) >= 11 is 0. The van der Waals surface area contributed by atoms with Crippen molar-refractivity contribution in [1.82, 2.24) is 10.2 Å². The van der Waals surface area contributed by atoms with Gasteiger partial charge in [0.15, 0.2) is 0 Å². The number of alkyl carbamates (subject to hydrolysis) is 1. The van der Waals surface area contributed by atoms with Crippen LogP contribution >= 0.6 is 0 Å². The molecule has 1 amide bonds. The Morgan fingerprint density at radius 2 is 1.62 bits per heavy atom. The van der Waals surface area contributed by atoms with E-state index in [1.807, 2.05) is 12.1 Å². The number of nitrogens with zero attached hydrogens (tertiary/aromatic N) is 1. The average molecular weight is 392 g/mol. The number of hydrogen-bond acceptors (Lipinski definition) is 4. The van der Waals surface area contributed by atoms with Crippen LogP contribution in [0.5, 0.6) is 5.75 Å². The molecule has 1 saturated carbocycles. The van der Waals surface area contributed by atoms with Crippen LogP contribution in [0.25, 0.3) is 11.1 Å². The number of piperidine rings is 3. The van der Waals surface area contributed by atoms with Crippen molar-refractivity contribution < 1.29 is 14.3 Å². The number of hydrogen-bond donors (Lipinski definition) is 1. The summed E-state index contributed by atoms with van der Waals surface area (Å²) in [5.41, 5.74) is 3.20. The molecule has 3 saturated heterocycles. The largest absolute Gasteiger partial charge is 0.497 e. The highest BCUT2D eigenvalue weighted by Gasteiger charge is 2.47. The molecule has 2 aromatic carbocycles. The minimum atomic E-state index is -0.263. The zero-order chi connectivity index (χ0) is 19.8. The summed E-state index contributed by atoms with van der Waals surface area (Å²) < 4.78 is 11.1. The monoisotopic (exact) mass is 392 g/mol. The number of nitrogens with one attached hydrogen (secondary N) is 1. The predicted molar refractivity (Wildman–Crippen MR) is 112 cm³/mol. The van der Waals surface area contributed by atoms with Crippen LogP contribution in [0, 0.1) is 5.92 Å². The zero-order valence-corrected chi connectivity index (χ0v) is 16.9. The Balaban J connectivity index is 1.23. The number of methoxy groups -OCH3 is 1. The Bertz CT molecular complexity index is 866. The van der Waals surface area contributed by atoms with Gasteiger partial charge in [0.2, 0.25) is 0 Å². The van der Waals surface area contributed by atoms with E-state index in [2.05, 4.69) is 46.6 Å². The topological polar surface area (TPSA) is 50.8 Å². The Hall–Kier alpha value is -2.53. The molecule has 152 valence electrons. The zero-order valence-electron chi connectivity index (χ0n) is 16.9. The first kappa shape index (κ1) is 18.5. The second kappa shape index (κ2) is 7.38. The summed E-state index contributed by atoms with van der Waals surface area (Å²) in [4.78, 5) is 15.0. The van der Waals surface area contributed by atoms with E-state index in [4.69, 9.17) is 9.47 Å². The minimum absolute atomic E-state index is 0.0470. The minimum Gasteiger partial charge on any atom is -0.497 e. The number of benzene rings is 2. The second-order valence-corrected chi connectivity index (χ2v) is 8.59. The van der Waals surface area contributed by atoms with Gasteiger partial charge in [-0.05, 0) is 73.5 Å². The molecule has 6 rings (SSSR count). The normalized spacial score (nSPS) is 26.6. The van der Waals surface area contributed by atoms with Crippen LogP contribution in [0.4, 0.5) is 4.79 Å². The molecule has 2 aromatic rings. The molecule has 5 nitrogen and oxygen atoms in total. The van der Waals surface area contributed by atoms with E-state index >= 15 is 0 Å². The van der Waals surface area contributed by atoms with Crippen molar-refractivity contribution in [3.8, 4) is 16.9 Å². The number of carbonyl (C=O) groups is 1. The van der Waals surface area contributed by atoms with Gasteiger partial charge in [0.05, 0.1) is 12.6 Å². The lowest BCUT2D eigenvalue weighted by atomic mass is 9.86. The number of amides is 1. The van der Waals surface area contributed by atoms with Crippen LogP contribution in [-0.2, 0) is 10.3 Å². The van der Waals surface area contributed by atoms with Gasteiger partial charge >= 0.3 is 6.09 Å². The molecule has 3 heterocycles. The van der Waals surface area contributed by atoms with E-state index < -0.39 is 0 Å². The summed E-state index contributed by atoms with van der Waals surface area (Å²) in [7, 11) is 1.67. The van der Waals surface area contributed by atoms with Crippen molar-refractivity contribution in [3.05, 3.63) is 54.1 Å². The Labute approximate surface area is 172 Å². The lowest BCUT2D eigenvalue weighted by Gasteiger charge is -2.44. The van der Waals surface area contributed by atoms with Crippen LogP contribution in [0.1, 0.15) is 31.2 Å². The average Bonchev–Trinajstić information content (AvgIpc) is 3.55. The summed E-state index contributed by atoms with van der Waals surface area (Å²) in [5.74, 6) is 1.39. The van der Waals surface area contributed by atoms with Crippen LogP contribution in [0.3, 0.4) is 0 Å². The molecule has 3 aliphatic heterocycles. The first-order valence-electron chi connectivity index (χ1n) is 10.6. The molecule has 29 heavy (non-hydrogen) atoms. The third-order valence-electron chi connectivity index (χ3n) is 6.81. The lowest BCUT2D eigenvalue weighted by Crippen LogP contribution is -2.53. The lowest BCUT2D eigenvalue weighted by molar-refractivity contribution is -0.0342. The molecule has 1 unspecified atom stereocenters. The van der Waals surface area contributed by atoms with Crippen molar-refractivity contribution in [2.45, 2.75) is 37.3 Å². The van der Waals surface area contributed by atoms with Crippen molar-refractivity contribution in [2.75, 3.05) is 26.7 Å². The molecule has 4 aliphatic rings. The van der Waals surface area contributed by atoms with E-state index in [9.17, 15) is 4.79 Å². The first-order valence-corrected chi connectivity index (χ1v) is 10.6. The Morgan fingerprint density at radius 1 is 1.00 bits per heavy atom. The first-order chi connectivity index (χ1) is 14.1. The molecule has 5 heteroatoms. The molecule has 4 fully saturated rings. The summed E-state index contributed by atoms with van der Waals surface area (Å²) in [6.07, 6.45) is 4.01. The van der Waals surface area contributed by atoms with E-state index in [0.29, 0.717) is 5.92 Å². The number of rotatable bonds is 5. The third kappa shape index (κ3) is 3.71. The van der Waals surface area contributed by atoms with Gasteiger partial charge in [-0.3, -0.25) is 4.90 Å². The maximum Gasteiger partial charge on any atom is 0.408 e. The molecule has 1 atom stereocenters. The molecule has 2 bridgehead atoms. The van der Waals surface area contributed by atoms with Crippen molar-refractivity contribution >= 4 is 6.09 Å². The summed E-state index contributed by atoms with van der Waals surface area (Å²) in [6, 6.07) is 16.6. The Morgan fingerprint density at radius 3 is 2.14 bits per heavy atom. The van der Waals surface area contributed by atoms with Crippen molar-refractivity contribution in [1.29, 1.82) is 0 Å². The quantitative estimate of drug-likeness (QED) is 0.830. The molecular weight excluding hydrogens is 364 g/mol. The van der Waals surface area contributed by atoms with Gasteiger partial charge in [0.25, 0.3) is 0 Å². The fourth-order valence-corrected chi connectivity index (χ4v) is 4.78. The Kier molecular flexibility index (Phi) is 4.70. The predicted octanol–water partition coefficient (Wildman–Crippen LogP) is 4.17. The number of ether oxygens (including phenoxy) is 2. The van der Waals surface area contributed by atoms with E-state index in [-0.39, 0.29) is 17.7 Å². The molecule has 1 aliphatic carbocycles. The van der Waals surface area contributed by atoms with Crippen LogP contribution < -0.4 is 10.1 Å². The highest BCUT2D eigenvalue weighted by Crippen LogP contribution is 2.46. The fourth-order valence-electron chi connectivity index (χ4n) is 4.78. The van der Waals surface area contributed by atoms with E-state index in [0.717, 1.165) is 67.8 Å². The van der Waals surface area contributed by atoms with E-state index in [1.54, 1.807) is 7.11 Å². The summed E-state index contributed by atoms with van der Waals surface area (Å²) in [6.45, 7) is 3.19. The molecule has 0 aromatic heterocycles.